The fraction of sp³-hybridized carbons (Fsp3) is 0.316. The van der Waals surface area contributed by atoms with E-state index >= 15 is 0 Å². The van der Waals surface area contributed by atoms with E-state index in [2.05, 4.69) is 20.6 Å². The predicted octanol–water partition coefficient (Wildman–Crippen LogP) is 1.53. The van der Waals surface area contributed by atoms with Crippen molar-refractivity contribution < 1.29 is 9.53 Å². The second-order valence-electron chi connectivity index (χ2n) is 5.64. The number of pyridine rings is 1. The van der Waals surface area contributed by atoms with E-state index in [9.17, 15) is 4.79 Å². The van der Waals surface area contributed by atoms with Crippen LogP contribution in [0.3, 0.4) is 0 Å². The van der Waals surface area contributed by atoms with Crippen molar-refractivity contribution in [3.8, 4) is 5.75 Å². The molecule has 0 unspecified atom stereocenters. The van der Waals surface area contributed by atoms with Gasteiger partial charge in [-0.1, -0.05) is 18.2 Å². The molecule has 0 aliphatic heterocycles. The lowest BCUT2D eigenvalue weighted by atomic mass is 10.2. The van der Waals surface area contributed by atoms with E-state index in [-0.39, 0.29) is 5.91 Å². The van der Waals surface area contributed by atoms with Crippen LogP contribution in [0, 0.1) is 0 Å². The van der Waals surface area contributed by atoms with Gasteiger partial charge in [-0.2, -0.15) is 0 Å². The number of hydrogen-bond donors (Lipinski definition) is 2. The van der Waals surface area contributed by atoms with Gasteiger partial charge in [0, 0.05) is 51.7 Å². The SMILES string of the molecule is CN=C(NCCNC(=O)c1cccnc1)N(C)Cc1ccccc1OC. The van der Waals surface area contributed by atoms with Crippen LogP contribution in [0.4, 0.5) is 0 Å². The number of ether oxygens (including phenoxy) is 1. The molecule has 0 aliphatic carbocycles. The number of guanidine groups is 1. The highest BCUT2D eigenvalue weighted by Crippen LogP contribution is 2.18. The van der Waals surface area contributed by atoms with Crippen LogP contribution in [0.1, 0.15) is 15.9 Å². The van der Waals surface area contributed by atoms with Crippen molar-refractivity contribution in [2.24, 2.45) is 4.99 Å². The molecule has 1 aromatic carbocycles. The number of aromatic nitrogens is 1. The number of hydrogen-bond acceptors (Lipinski definition) is 4. The van der Waals surface area contributed by atoms with Gasteiger partial charge >= 0.3 is 0 Å². The van der Waals surface area contributed by atoms with Crippen LogP contribution in [-0.4, -0.2) is 56.0 Å². The van der Waals surface area contributed by atoms with E-state index in [4.69, 9.17) is 4.74 Å². The van der Waals surface area contributed by atoms with Crippen LogP contribution < -0.4 is 15.4 Å². The van der Waals surface area contributed by atoms with Crippen LogP contribution in [0.25, 0.3) is 0 Å². The first-order valence-corrected chi connectivity index (χ1v) is 8.37. The Balaban J connectivity index is 1.81. The standard InChI is InChI=1S/C19H25N5O2/c1-20-19(24(2)14-16-7-4-5-9-17(16)26-3)23-12-11-22-18(25)15-8-6-10-21-13-15/h4-10,13H,11-12,14H2,1-3H3,(H,20,23)(H,22,25). The topological polar surface area (TPSA) is 78.8 Å². The van der Waals surface area contributed by atoms with Crippen LogP contribution in [0.15, 0.2) is 53.8 Å². The van der Waals surface area contributed by atoms with Crippen molar-refractivity contribution in [2.75, 3.05) is 34.3 Å². The molecule has 1 amide bonds. The maximum absolute atomic E-state index is 12.0. The van der Waals surface area contributed by atoms with Crippen LogP contribution in [0.2, 0.25) is 0 Å². The van der Waals surface area contributed by atoms with Gasteiger partial charge in [0.05, 0.1) is 12.7 Å². The molecule has 2 N–H and O–H groups in total. The van der Waals surface area contributed by atoms with E-state index in [1.165, 1.54) is 0 Å². The Morgan fingerprint density at radius 2 is 1.96 bits per heavy atom. The summed E-state index contributed by atoms with van der Waals surface area (Å²) in [4.78, 5) is 22.2. The summed E-state index contributed by atoms with van der Waals surface area (Å²) in [6.45, 7) is 1.70. The van der Waals surface area contributed by atoms with Crippen LogP contribution in [-0.2, 0) is 6.54 Å². The maximum atomic E-state index is 12.0. The molecule has 1 heterocycles. The Morgan fingerprint density at radius 3 is 2.65 bits per heavy atom. The number of carbonyl (C=O) groups excluding carboxylic acids is 1. The van der Waals surface area contributed by atoms with Crippen molar-refractivity contribution in [3.63, 3.8) is 0 Å². The highest BCUT2D eigenvalue weighted by atomic mass is 16.5. The van der Waals surface area contributed by atoms with Gasteiger partial charge in [-0.05, 0) is 18.2 Å². The summed E-state index contributed by atoms with van der Waals surface area (Å²) >= 11 is 0. The molecular weight excluding hydrogens is 330 g/mol. The first kappa shape index (κ1) is 19.2. The molecule has 2 aromatic rings. The predicted molar refractivity (Wildman–Crippen MR) is 102 cm³/mol. The number of para-hydroxylation sites is 1. The van der Waals surface area contributed by atoms with Gasteiger partial charge in [-0.25, -0.2) is 0 Å². The Morgan fingerprint density at radius 1 is 1.19 bits per heavy atom. The zero-order valence-electron chi connectivity index (χ0n) is 15.4. The van der Waals surface area contributed by atoms with Crippen LogP contribution in [0.5, 0.6) is 5.75 Å². The van der Waals surface area contributed by atoms with Gasteiger partial charge in [0.1, 0.15) is 5.75 Å². The van der Waals surface area contributed by atoms with E-state index in [1.807, 2.05) is 36.2 Å². The summed E-state index contributed by atoms with van der Waals surface area (Å²) in [5.74, 6) is 1.45. The number of aliphatic imine (C=N–C) groups is 1. The number of rotatable bonds is 7. The number of amides is 1. The highest BCUT2D eigenvalue weighted by Gasteiger charge is 2.10. The lowest BCUT2D eigenvalue weighted by Gasteiger charge is -2.23. The summed E-state index contributed by atoms with van der Waals surface area (Å²) in [6, 6.07) is 11.4. The number of benzene rings is 1. The minimum atomic E-state index is -0.141. The van der Waals surface area contributed by atoms with E-state index < -0.39 is 0 Å². The minimum Gasteiger partial charge on any atom is -0.496 e. The molecule has 2 rings (SSSR count). The summed E-state index contributed by atoms with van der Waals surface area (Å²) in [5.41, 5.74) is 1.62. The first-order chi connectivity index (χ1) is 12.7. The van der Waals surface area contributed by atoms with Crippen molar-refractivity contribution in [1.29, 1.82) is 0 Å². The fourth-order valence-corrected chi connectivity index (χ4v) is 2.50. The van der Waals surface area contributed by atoms with Crippen molar-refractivity contribution >= 4 is 11.9 Å². The third-order valence-corrected chi connectivity index (χ3v) is 3.79. The van der Waals surface area contributed by atoms with E-state index in [1.54, 1.807) is 38.7 Å². The minimum absolute atomic E-state index is 0.141. The molecule has 0 aliphatic rings. The number of nitrogens with one attached hydrogen (secondary N) is 2. The molecule has 0 fully saturated rings. The second kappa shape index (κ2) is 10.0. The summed E-state index contributed by atoms with van der Waals surface area (Å²) in [6.07, 6.45) is 3.18. The lowest BCUT2D eigenvalue weighted by Crippen LogP contribution is -2.42. The molecule has 0 radical (unpaired) electrons. The van der Waals surface area contributed by atoms with Crippen molar-refractivity contribution in [3.05, 3.63) is 59.9 Å². The molecule has 26 heavy (non-hydrogen) atoms. The fourth-order valence-electron chi connectivity index (χ4n) is 2.50. The first-order valence-electron chi connectivity index (χ1n) is 8.37. The molecular formula is C19H25N5O2. The molecule has 0 bridgehead atoms. The Labute approximate surface area is 154 Å². The number of carbonyl (C=O) groups is 1. The van der Waals surface area contributed by atoms with Gasteiger partial charge in [0.2, 0.25) is 0 Å². The van der Waals surface area contributed by atoms with Crippen LogP contribution >= 0.6 is 0 Å². The molecule has 0 saturated carbocycles. The Bertz CT molecular complexity index is 734. The molecule has 7 heteroatoms. The largest absolute Gasteiger partial charge is 0.496 e. The van der Waals surface area contributed by atoms with Crippen molar-refractivity contribution in [1.82, 2.24) is 20.5 Å². The quantitative estimate of drug-likeness (QED) is 0.447. The maximum Gasteiger partial charge on any atom is 0.252 e. The van der Waals surface area contributed by atoms with Crippen molar-refractivity contribution in [2.45, 2.75) is 6.54 Å². The second-order valence-corrected chi connectivity index (χ2v) is 5.64. The number of nitrogens with zero attached hydrogens (tertiary/aromatic N) is 3. The number of methoxy groups -OCH3 is 1. The monoisotopic (exact) mass is 355 g/mol. The zero-order chi connectivity index (χ0) is 18.8. The van der Waals surface area contributed by atoms with E-state index in [0.29, 0.717) is 25.2 Å². The van der Waals surface area contributed by atoms with E-state index in [0.717, 1.165) is 17.3 Å². The van der Waals surface area contributed by atoms with Gasteiger partial charge in [-0.15, -0.1) is 0 Å². The molecule has 0 atom stereocenters. The average Bonchev–Trinajstić information content (AvgIpc) is 2.68. The zero-order valence-corrected chi connectivity index (χ0v) is 15.4. The average molecular weight is 355 g/mol. The summed E-state index contributed by atoms with van der Waals surface area (Å²) < 4.78 is 5.39. The Kier molecular flexibility index (Phi) is 7.42. The summed E-state index contributed by atoms with van der Waals surface area (Å²) in [5, 5.41) is 6.09. The molecule has 0 spiro atoms. The van der Waals surface area contributed by atoms with Gasteiger partial charge in [0.15, 0.2) is 5.96 Å². The smallest absolute Gasteiger partial charge is 0.252 e. The van der Waals surface area contributed by atoms with Gasteiger partial charge in [-0.3, -0.25) is 14.8 Å². The van der Waals surface area contributed by atoms with Gasteiger partial charge < -0.3 is 20.3 Å². The summed E-state index contributed by atoms with van der Waals surface area (Å²) in [7, 11) is 5.35. The third kappa shape index (κ3) is 5.47. The highest BCUT2D eigenvalue weighted by molar-refractivity contribution is 5.93. The molecule has 0 saturated heterocycles. The molecule has 7 nitrogen and oxygen atoms in total. The van der Waals surface area contributed by atoms with Gasteiger partial charge in [0.25, 0.3) is 5.91 Å². The normalized spacial score (nSPS) is 11.0. The lowest BCUT2D eigenvalue weighted by molar-refractivity contribution is 0.0954. The molecule has 138 valence electrons. The Hall–Kier alpha value is -3.09. The molecule has 1 aromatic heterocycles. The third-order valence-electron chi connectivity index (χ3n) is 3.79.